The summed E-state index contributed by atoms with van der Waals surface area (Å²) in [6, 6.07) is 6.52. The average molecular weight is 229 g/mol. The number of aromatic nitrogens is 2. The summed E-state index contributed by atoms with van der Waals surface area (Å²) in [6.07, 6.45) is 3.94. The van der Waals surface area contributed by atoms with Crippen LogP contribution in [0.15, 0.2) is 30.6 Å². The van der Waals surface area contributed by atoms with Crippen molar-refractivity contribution in [3.63, 3.8) is 0 Å². The maximum absolute atomic E-state index is 4.26. The second kappa shape index (κ2) is 5.04. The van der Waals surface area contributed by atoms with Gasteiger partial charge in [-0.15, -0.1) is 0 Å². The molecule has 2 aromatic rings. The van der Waals surface area contributed by atoms with Crippen molar-refractivity contribution in [1.29, 1.82) is 0 Å². The second-order valence-corrected chi connectivity index (χ2v) is 4.58. The number of benzene rings is 1. The minimum atomic E-state index is 0.890. The molecule has 1 heterocycles. The highest BCUT2D eigenvalue weighted by atomic mass is 15.3. The van der Waals surface area contributed by atoms with Gasteiger partial charge in [-0.25, -0.2) is 0 Å². The molecule has 0 radical (unpaired) electrons. The van der Waals surface area contributed by atoms with E-state index in [1.165, 1.54) is 22.4 Å². The van der Waals surface area contributed by atoms with Crippen molar-refractivity contribution in [2.75, 3.05) is 11.9 Å². The number of aryl methyl sites for hydroxylation is 3. The molecule has 1 N–H and O–H groups in total. The molecule has 3 heteroatoms. The fourth-order valence-electron chi connectivity index (χ4n) is 1.98. The number of rotatable bonds is 4. The second-order valence-electron chi connectivity index (χ2n) is 4.58. The van der Waals surface area contributed by atoms with E-state index in [9.17, 15) is 0 Å². The smallest absolute Gasteiger partial charge is 0.0582 e. The van der Waals surface area contributed by atoms with Gasteiger partial charge in [0.2, 0.25) is 0 Å². The monoisotopic (exact) mass is 229 g/mol. The van der Waals surface area contributed by atoms with Gasteiger partial charge in [0.1, 0.15) is 0 Å². The zero-order chi connectivity index (χ0) is 12.3. The Kier molecular flexibility index (Phi) is 3.47. The Labute approximate surface area is 102 Å². The molecule has 0 unspecified atom stereocenters. The average Bonchev–Trinajstić information content (AvgIpc) is 2.63. The molecule has 0 bridgehead atoms. The third-order valence-corrected chi connectivity index (χ3v) is 2.65. The Morgan fingerprint density at radius 2 is 1.76 bits per heavy atom. The van der Waals surface area contributed by atoms with E-state index in [0.717, 1.165) is 13.1 Å². The molecule has 1 aromatic heterocycles. The number of hydrogen-bond acceptors (Lipinski definition) is 2. The lowest BCUT2D eigenvalue weighted by atomic mass is 10.1. The highest BCUT2D eigenvalue weighted by Gasteiger charge is 1.96. The van der Waals surface area contributed by atoms with Crippen molar-refractivity contribution < 1.29 is 0 Å². The van der Waals surface area contributed by atoms with Crippen LogP contribution in [-0.4, -0.2) is 16.3 Å². The van der Waals surface area contributed by atoms with Crippen LogP contribution < -0.4 is 5.32 Å². The predicted octanol–water partition coefficient (Wildman–Crippen LogP) is 2.92. The normalized spacial score (nSPS) is 10.5. The van der Waals surface area contributed by atoms with Crippen molar-refractivity contribution in [1.82, 2.24) is 9.78 Å². The van der Waals surface area contributed by atoms with Crippen molar-refractivity contribution in [3.05, 3.63) is 47.3 Å². The Bertz CT molecular complexity index is 480. The van der Waals surface area contributed by atoms with Crippen LogP contribution in [0.4, 0.5) is 5.69 Å². The number of nitrogens with one attached hydrogen (secondary N) is 1. The lowest BCUT2D eigenvalue weighted by Gasteiger charge is -2.08. The van der Waals surface area contributed by atoms with Gasteiger partial charge in [0, 0.05) is 18.4 Å². The van der Waals surface area contributed by atoms with Crippen molar-refractivity contribution in [2.24, 2.45) is 0 Å². The van der Waals surface area contributed by atoms with Gasteiger partial charge in [-0.05, 0) is 49.6 Å². The van der Waals surface area contributed by atoms with Gasteiger partial charge in [-0.2, -0.15) is 5.10 Å². The van der Waals surface area contributed by atoms with Crippen molar-refractivity contribution in [2.45, 2.75) is 27.3 Å². The van der Waals surface area contributed by atoms with E-state index in [2.05, 4.69) is 55.6 Å². The maximum Gasteiger partial charge on any atom is 0.0582 e. The minimum absolute atomic E-state index is 0.890. The molecule has 2 rings (SSSR count). The molecule has 1 aromatic carbocycles. The van der Waals surface area contributed by atoms with Crippen molar-refractivity contribution >= 4 is 5.69 Å². The molecule has 0 aliphatic rings. The van der Waals surface area contributed by atoms with E-state index in [-0.39, 0.29) is 0 Å². The lowest BCUT2D eigenvalue weighted by Crippen LogP contribution is -2.10. The quantitative estimate of drug-likeness (QED) is 0.873. The topological polar surface area (TPSA) is 29.9 Å². The first-order valence-electron chi connectivity index (χ1n) is 5.95. The van der Waals surface area contributed by atoms with Crippen LogP contribution >= 0.6 is 0 Å². The molecule has 0 aliphatic heterocycles. The van der Waals surface area contributed by atoms with Gasteiger partial charge in [0.15, 0.2) is 0 Å². The zero-order valence-electron chi connectivity index (χ0n) is 10.7. The first-order valence-corrected chi connectivity index (χ1v) is 5.95. The Morgan fingerprint density at radius 1 is 1.06 bits per heavy atom. The van der Waals surface area contributed by atoms with E-state index in [1.807, 2.05) is 10.9 Å². The molecular weight excluding hydrogens is 210 g/mol. The molecule has 17 heavy (non-hydrogen) atoms. The molecule has 3 nitrogen and oxygen atoms in total. The van der Waals surface area contributed by atoms with E-state index in [4.69, 9.17) is 0 Å². The summed E-state index contributed by atoms with van der Waals surface area (Å²) in [6.45, 7) is 8.08. The maximum atomic E-state index is 4.26. The summed E-state index contributed by atoms with van der Waals surface area (Å²) in [5, 5.41) is 7.68. The molecule has 0 spiro atoms. The summed E-state index contributed by atoms with van der Waals surface area (Å²) >= 11 is 0. The lowest BCUT2D eigenvalue weighted by molar-refractivity contribution is 0.637. The van der Waals surface area contributed by atoms with Gasteiger partial charge < -0.3 is 5.32 Å². The minimum Gasteiger partial charge on any atom is -0.383 e. The molecule has 0 saturated carbocycles. The molecule has 0 atom stereocenters. The van der Waals surface area contributed by atoms with Gasteiger partial charge in [-0.1, -0.05) is 6.07 Å². The summed E-state index contributed by atoms with van der Waals surface area (Å²) in [4.78, 5) is 0. The fourth-order valence-corrected chi connectivity index (χ4v) is 1.98. The Morgan fingerprint density at radius 3 is 2.35 bits per heavy atom. The Balaban J connectivity index is 1.89. The number of hydrogen-bond donors (Lipinski definition) is 1. The first kappa shape index (κ1) is 11.7. The standard InChI is InChI=1S/C14H19N3/c1-11-6-12(2)8-14(7-11)15-4-5-17-10-13(3)9-16-17/h6-10,15H,4-5H2,1-3H3. The molecule has 0 saturated heterocycles. The van der Waals surface area contributed by atoms with Crippen LogP contribution in [0.2, 0.25) is 0 Å². The highest BCUT2D eigenvalue weighted by Crippen LogP contribution is 2.13. The van der Waals surface area contributed by atoms with Crippen LogP contribution in [0.25, 0.3) is 0 Å². The van der Waals surface area contributed by atoms with Gasteiger partial charge in [0.05, 0.1) is 12.7 Å². The molecule has 0 aliphatic carbocycles. The SMILES string of the molecule is Cc1cc(C)cc(NCCn2cc(C)cn2)c1. The van der Waals surface area contributed by atoms with Crippen molar-refractivity contribution in [3.8, 4) is 0 Å². The van der Waals surface area contributed by atoms with Crippen LogP contribution in [0.5, 0.6) is 0 Å². The summed E-state index contributed by atoms with van der Waals surface area (Å²) in [5.41, 5.74) is 4.98. The largest absolute Gasteiger partial charge is 0.383 e. The van der Waals surface area contributed by atoms with E-state index in [1.54, 1.807) is 0 Å². The summed E-state index contributed by atoms with van der Waals surface area (Å²) < 4.78 is 1.96. The van der Waals surface area contributed by atoms with Crippen LogP contribution in [0.1, 0.15) is 16.7 Å². The van der Waals surface area contributed by atoms with E-state index >= 15 is 0 Å². The van der Waals surface area contributed by atoms with Crippen LogP contribution in [-0.2, 0) is 6.54 Å². The zero-order valence-corrected chi connectivity index (χ0v) is 10.7. The fraction of sp³-hybridized carbons (Fsp3) is 0.357. The van der Waals surface area contributed by atoms with Gasteiger partial charge in [-0.3, -0.25) is 4.68 Å². The molecule has 0 amide bonds. The molecule has 0 fully saturated rings. The summed E-state index contributed by atoms with van der Waals surface area (Å²) in [5.74, 6) is 0. The molecule has 90 valence electrons. The van der Waals surface area contributed by atoms with Gasteiger partial charge >= 0.3 is 0 Å². The van der Waals surface area contributed by atoms with E-state index in [0.29, 0.717) is 0 Å². The van der Waals surface area contributed by atoms with Gasteiger partial charge in [0.25, 0.3) is 0 Å². The first-order chi connectivity index (χ1) is 8.13. The third kappa shape index (κ3) is 3.34. The number of anilines is 1. The predicted molar refractivity (Wildman–Crippen MR) is 71.4 cm³/mol. The van der Waals surface area contributed by atoms with Crippen LogP contribution in [0, 0.1) is 20.8 Å². The number of nitrogens with zero attached hydrogens (tertiary/aromatic N) is 2. The molecular formula is C14H19N3. The highest BCUT2D eigenvalue weighted by molar-refractivity contribution is 5.48. The summed E-state index contributed by atoms with van der Waals surface area (Å²) in [7, 11) is 0. The van der Waals surface area contributed by atoms with Crippen LogP contribution in [0.3, 0.4) is 0 Å². The Hall–Kier alpha value is -1.77. The van der Waals surface area contributed by atoms with E-state index < -0.39 is 0 Å². The third-order valence-electron chi connectivity index (χ3n) is 2.65.